The molecule has 0 saturated heterocycles. The van der Waals surface area contributed by atoms with Crippen molar-refractivity contribution < 1.29 is 115 Å². The summed E-state index contributed by atoms with van der Waals surface area (Å²) in [5.41, 5.74) is 0.823. The molecule has 0 bridgehead atoms. The van der Waals surface area contributed by atoms with Crippen molar-refractivity contribution in [1.29, 1.82) is 0 Å². The Bertz CT molecular complexity index is 1550. The van der Waals surface area contributed by atoms with E-state index < -0.39 is 41.3 Å². The van der Waals surface area contributed by atoms with Crippen LogP contribution in [-0.4, -0.2) is 69.3 Å². The van der Waals surface area contributed by atoms with Gasteiger partial charge in [-0.2, -0.15) is 0 Å². The van der Waals surface area contributed by atoms with E-state index in [1.54, 1.807) is 66.7 Å². The Labute approximate surface area is 360 Å². The van der Waals surface area contributed by atoms with Gasteiger partial charge >= 0.3 is 77.0 Å². The number of thiol groups is 1. The van der Waals surface area contributed by atoms with E-state index in [4.69, 9.17) is 15.3 Å². The molecule has 0 amide bonds. The van der Waals surface area contributed by atoms with Crippen LogP contribution in [0.2, 0.25) is 0 Å². The van der Waals surface area contributed by atoms with Crippen molar-refractivity contribution in [2.24, 2.45) is 0 Å². The summed E-state index contributed by atoms with van der Waals surface area (Å²) in [5.74, 6) is -2.82. The Morgan fingerprint density at radius 3 is 1.16 bits per heavy atom. The Hall–Kier alpha value is 0.340. The van der Waals surface area contributed by atoms with E-state index in [9.17, 15) is 40.3 Å². The molecule has 0 aliphatic rings. The summed E-state index contributed by atoms with van der Waals surface area (Å²) in [4.78, 5) is 34.5. The van der Waals surface area contributed by atoms with Crippen LogP contribution in [0.5, 0.6) is 0 Å². The van der Waals surface area contributed by atoms with Crippen LogP contribution in [0, 0.1) is 0 Å². The average molecular weight is 871 g/mol. The molecule has 264 valence electrons. The summed E-state index contributed by atoms with van der Waals surface area (Å²) in [6.45, 7) is 0. The second-order valence-electron chi connectivity index (χ2n) is 7.12. The minimum absolute atomic E-state index is 0. The molecule has 3 N–H and O–H groups in total. The van der Waals surface area contributed by atoms with Crippen LogP contribution in [0.4, 0.5) is 0 Å². The van der Waals surface area contributed by atoms with Gasteiger partial charge in [0.05, 0.1) is 26.9 Å². The average Bonchev–Trinajstić information content (AvgIpc) is 2.92. The van der Waals surface area contributed by atoms with Crippen molar-refractivity contribution in [3.63, 3.8) is 0 Å². The molecule has 0 spiro atoms. The van der Waals surface area contributed by atoms with Gasteiger partial charge in [-0.15, -0.1) is 12.6 Å². The largest absolute Gasteiger partial charge is 1.00 e. The molecule has 3 aromatic carbocycles. The first kappa shape index (κ1) is 58.6. The van der Waals surface area contributed by atoms with Gasteiger partial charge < -0.3 is 24.4 Å². The van der Waals surface area contributed by atoms with E-state index in [2.05, 4.69) is 12.6 Å². The molecule has 0 heterocycles. The van der Waals surface area contributed by atoms with Crippen molar-refractivity contribution >= 4 is 114 Å². The molecular weight excluding hydrogens is 839 g/mol. The van der Waals surface area contributed by atoms with E-state index in [0.717, 1.165) is 0 Å². The maximum Gasteiger partial charge on any atom is 1.00 e. The third-order valence-electron chi connectivity index (χ3n) is 4.15. The van der Waals surface area contributed by atoms with E-state index in [1.807, 2.05) is 0 Å². The summed E-state index contributed by atoms with van der Waals surface area (Å²) in [6.07, 6.45) is 0. The summed E-state index contributed by atoms with van der Waals surface area (Å²) >= 11 is 3.96. The van der Waals surface area contributed by atoms with E-state index in [-0.39, 0.29) is 109 Å². The third-order valence-corrected chi connectivity index (χ3v) is 14.9. The van der Waals surface area contributed by atoms with Crippen molar-refractivity contribution in [2.75, 3.05) is 10.2 Å². The summed E-state index contributed by atoms with van der Waals surface area (Å²) < 4.78 is 58.9. The van der Waals surface area contributed by atoms with Gasteiger partial charge in [0.15, 0.2) is 0 Å². The van der Waals surface area contributed by atoms with Crippen LogP contribution in [0.25, 0.3) is 0 Å². The van der Waals surface area contributed by atoms with Crippen LogP contribution in [0.15, 0.2) is 87.5 Å². The predicted octanol–water partition coefficient (Wildman–Crippen LogP) is 2.14. The van der Waals surface area contributed by atoms with Crippen LogP contribution in [0.1, 0.15) is 53.4 Å². The van der Waals surface area contributed by atoms with E-state index in [1.165, 1.54) is 49.2 Å². The second kappa shape index (κ2) is 30.8. The number of rotatable bonds is 13. The van der Waals surface area contributed by atoms with Crippen molar-refractivity contribution in [3.05, 3.63) is 89.5 Å². The molecule has 3 aromatic rings. The van der Waals surface area contributed by atoms with Gasteiger partial charge in [-0.05, 0) is 58.0 Å². The van der Waals surface area contributed by atoms with Crippen molar-refractivity contribution in [2.45, 2.75) is 37.0 Å². The molecular formula is C26H32Na2O12S9. The molecule has 0 aliphatic carbocycles. The molecule has 0 atom stereocenters. The van der Waals surface area contributed by atoms with Gasteiger partial charge in [-0.1, -0.05) is 102 Å². The zero-order valence-corrected chi connectivity index (χ0v) is 35.0. The smallest absolute Gasteiger partial charge is 0.739 e. The first-order valence-corrected chi connectivity index (χ1v) is 21.9. The topological polar surface area (TPSA) is 226 Å². The number of aromatic carboxylic acids is 3. The predicted molar refractivity (Wildman–Crippen MR) is 199 cm³/mol. The quantitative estimate of drug-likeness (QED) is 0.0482. The molecule has 23 heteroatoms. The fraction of sp³-hybridized carbons (Fsp3) is 0.192. The van der Waals surface area contributed by atoms with Crippen molar-refractivity contribution in [1.82, 2.24) is 0 Å². The maximum absolute atomic E-state index is 11.1. The molecule has 0 unspecified atom stereocenters. The standard InChI is InChI=1S/C15H12O4S4.C7H6O2S.CH4O6S4.3CH4.2Na/c16-14(17)10-5-1-3-7-12(10)22-20-9-21-23-13-8-4-2-6-11(13)15(18)19;8-7(9)5-3-1-2-4-6(5)10;2-10(3,4)8-1-9-11(5,6)7;;;;;/h1-8H,9H2,(H,16,17)(H,18,19);1-4,10H,(H,8,9);1H2,(H,2,3,4)(H,5,6,7);3*1H4;;/q;;;;;;2*+1/p-2. The van der Waals surface area contributed by atoms with E-state index >= 15 is 0 Å². The minimum atomic E-state index is -4.50. The fourth-order valence-corrected chi connectivity index (χ4v) is 12.8. The fourth-order valence-electron chi connectivity index (χ4n) is 2.42. The Morgan fingerprint density at radius 2 is 0.878 bits per heavy atom. The molecule has 0 aliphatic heterocycles. The minimum Gasteiger partial charge on any atom is -0.739 e. The Balaban J connectivity index is -0.000000212. The number of hydrogen-bond acceptors (Lipinski definition) is 16. The first-order chi connectivity index (χ1) is 20.5. The van der Waals surface area contributed by atoms with Gasteiger partial charge in [0.25, 0.3) is 0 Å². The number of carboxylic acid groups (broad SMARTS) is 3. The molecule has 0 radical (unpaired) electrons. The van der Waals surface area contributed by atoms with Crippen LogP contribution < -0.4 is 59.1 Å². The summed E-state index contributed by atoms with van der Waals surface area (Å²) in [6, 6.07) is 20.3. The summed E-state index contributed by atoms with van der Waals surface area (Å²) in [5, 5.41) is 26.8. The van der Waals surface area contributed by atoms with Crippen molar-refractivity contribution in [3.8, 4) is 0 Å². The zero-order chi connectivity index (χ0) is 33.3. The Kier molecular flexibility index (Phi) is 36.8. The normalized spacial score (nSPS) is 9.78. The van der Waals surface area contributed by atoms with E-state index in [0.29, 0.717) is 30.9 Å². The second-order valence-corrected chi connectivity index (χ2v) is 19.5. The van der Waals surface area contributed by atoms with Gasteiger partial charge in [0.1, 0.15) is 18.3 Å². The monoisotopic (exact) mass is 870 g/mol. The molecule has 0 aromatic heterocycles. The zero-order valence-electron chi connectivity index (χ0n) is 23.6. The van der Waals surface area contributed by atoms with Gasteiger partial charge in [0.2, 0.25) is 0 Å². The molecule has 0 saturated carbocycles. The Morgan fingerprint density at radius 1 is 0.571 bits per heavy atom. The molecule has 49 heavy (non-hydrogen) atoms. The molecule has 3 rings (SSSR count). The van der Waals surface area contributed by atoms with Gasteiger partial charge in [-0.25, -0.2) is 31.2 Å². The third kappa shape index (κ3) is 27.6. The maximum atomic E-state index is 11.1. The number of carbonyl (C=O) groups is 3. The van der Waals surface area contributed by atoms with Gasteiger partial charge in [-0.3, -0.25) is 0 Å². The van der Waals surface area contributed by atoms with Crippen LogP contribution in [0.3, 0.4) is 0 Å². The number of hydrogen-bond donors (Lipinski definition) is 4. The van der Waals surface area contributed by atoms with Crippen LogP contribution in [-0.2, 0) is 18.3 Å². The SMILES string of the molecule is C.C.C.O=C(O)c1ccccc1S.O=C(O)c1ccccc1SSCSSc1ccccc1C(=O)O.O=S(=O)([O-])SCSS(=O)(=O)[O-].[Na+].[Na+]. The molecule has 0 fully saturated rings. The number of carboxylic acids is 3. The number of benzene rings is 3. The molecule has 12 nitrogen and oxygen atoms in total. The van der Waals surface area contributed by atoms with Crippen LogP contribution >= 0.6 is 77.4 Å². The first-order valence-electron chi connectivity index (χ1n) is 11.0. The van der Waals surface area contributed by atoms with Gasteiger partial charge in [0, 0.05) is 14.7 Å². The summed E-state index contributed by atoms with van der Waals surface area (Å²) in [7, 11) is -3.43.